The Morgan fingerprint density at radius 1 is 1.33 bits per heavy atom. The molecule has 0 aromatic heterocycles. The standard InChI is InChI=1S/C14H20N2O4S/c1-10-5-7-16(8-6-10)14(17)12-9-11(21(15,18)19)3-4-13(12)20-2/h3-4,9-10H,5-8H2,1-2H3,(H2,15,18,19). The lowest BCUT2D eigenvalue weighted by Gasteiger charge is -2.30. The Bertz CT molecular complexity index is 634. The number of carbonyl (C=O) groups is 1. The van der Waals surface area contributed by atoms with Crippen LogP contribution in [0.2, 0.25) is 0 Å². The van der Waals surface area contributed by atoms with E-state index in [-0.39, 0.29) is 16.4 Å². The third-order valence-electron chi connectivity index (χ3n) is 3.80. The molecule has 1 saturated heterocycles. The van der Waals surface area contributed by atoms with Gasteiger partial charge in [-0.2, -0.15) is 0 Å². The summed E-state index contributed by atoms with van der Waals surface area (Å²) in [6, 6.07) is 4.08. The van der Waals surface area contributed by atoms with E-state index in [0.717, 1.165) is 12.8 Å². The highest BCUT2D eigenvalue weighted by Gasteiger charge is 2.25. The van der Waals surface area contributed by atoms with Crippen molar-refractivity contribution in [3.05, 3.63) is 23.8 Å². The Kier molecular flexibility index (Phi) is 4.53. The van der Waals surface area contributed by atoms with Crippen LogP contribution in [0.1, 0.15) is 30.1 Å². The molecule has 0 radical (unpaired) electrons. The summed E-state index contributed by atoms with van der Waals surface area (Å²) in [6.07, 6.45) is 1.89. The van der Waals surface area contributed by atoms with E-state index in [1.165, 1.54) is 25.3 Å². The number of likely N-dealkylation sites (tertiary alicyclic amines) is 1. The lowest BCUT2D eigenvalue weighted by Crippen LogP contribution is -2.38. The van der Waals surface area contributed by atoms with Crippen LogP contribution in [0.5, 0.6) is 5.75 Å². The SMILES string of the molecule is COc1ccc(S(N)(=O)=O)cc1C(=O)N1CCC(C)CC1. The normalized spacial score (nSPS) is 16.8. The Balaban J connectivity index is 2.34. The molecule has 1 aliphatic rings. The van der Waals surface area contributed by atoms with Crippen molar-refractivity contribution in [2.45, 2.75) is 24.7 Å². The number of piperidine rings is 1. The maximum atomic E-state index is 12.6. The minimum Gasteiger partial charge on any atom is -0.496 e. The van der Waals surface area contributed by atoms with Crippen LogP contribution < -0.4 is 9.88 Å². The van der Waals surface area contributed by atoms with Crippen LogP contribution in [0.25, 0.3) is 0 Å². The van der Waals surface area contributed by atoms with Crippen LogP contribution in [-0.2, 0) is 10.0 Å². The molecule has 1 heterocycles. The molecule has 0 unspecified atom stereocenters. The van der Waals surface area contributed by atoms with Crippen molar-refractivity contribution in [2.75, 3.05) is 20.2 Å². The minimum atomic E-state index is -3.85. The van der Waals surface area contributed by atoms with Gasteiger partial charge in [-0.3, -0.25) is 4.79 Å². The number of carbonyl (C=O) groups excluding carboxylic acids is 1. The molecule has 1 fully saturated rings. The van der Waals surface area contributed by atoms with Gasteiger partial charge in [0, 0.05) is 13.1 Å². The quantitative estimate of drug-likeness (QED) is 0.908. The summed E-state index contributed by atoms with van der Waals surface area (Å²) < 4.78 is 28.0. The molecule has 2 rings (SSSR count). The highest BCUT2D eigenvalue weighted by molar-refractivity contribution is 7.89. The van der Waals surface area contributed by atoms with Crippen molar-refractivity contribution >= 4 is 15.9 Å². The lowest BCUT2D eigenvalue weighted by atomic mass is 9.98. The number of rotatable bonds is 3. The molecule has 0 atom stereocenters. The number of primary sulfonamides is 1. The van der Waals surface area contributed by atoms with Crippen molar-refractivity contribution in [3.63, 3.8) is 0 Å². The fourth-order valence-corrected chi connectivity index (χ4v) is 2.95. The van der Waals surface area contributed by atoms with Gasteiger partial charge in [0.2, 0.25) is 10.0 Å². The smallest absolute Gasteiger partial charge is 0.257 e. The zero-order valence-electron chi connectivity index (χ0n) is 12.2. The largest absolute Gasteiger partial charge is 0.496 e. The number of hydrogen-bond acceptors (Lipinski definition) is 4. The second-order valence-electron chi connectivity index (χ2n) is 5.38. The van der Waals surface area contributed by atoms with Crippen LogP contribution in [0.15, 0.2) is 23.1 Å². The third kappa shape index (κ3) is 3.54. The first kappa shape index (κ1) is 15.8. The summed E-state index contributed by atoms with van der Waals surface area (Å²) in [6.45, 7) is 3.50. The summed E-state index contributed by atoms with van der Waals surface area (Å²) in [5.74, 6) is 0.738. The first-order valence-corrected chi connectivity index (χ1v) is 8.37. The van der Waals surface area contributed by atoms with Gasteiger partial charge in [0.25, 0.3) is 5.91 Å². The average Bonchev–Trinajstić information content (AvgIpc) is 2.45. The first-order valence-electron chi connectivity index (χ1n) is 6.83. The van der Waals surface area contributed by atoms with Crippen molar-refractivity contribution in [1.82, 2.24) is 4.90 Å². The van der Waals surface area contributed by atoms with E-state index in [4.69, 9.17) is 9.88 Å². The summed E-state index contributed by atoms with van der Waals surface area (Å²) in [5.41, 5.74) is 0.235. The second-order valence-corrected chi connectivity index (χ2v) is 6.94. The maximum absolute atomic E-state index is 12.6. The minimum absolute atomic E-state index is 0.0861. The number of amides is 1. The molecule has 6 nitrogen and oxygen atoms in total. The Morgan fingerprint density at radius 3 is 2.48 bits per heavy atom. The molecule has 1 aromatic rings. The molecule has 0 bridgehead atoms. The highest BCUT2D eigenvalue weighted by Crippen LogP contribution is 2.25. The summed E-state index contributed by atoms with van der Waals surface area (Å²) >= 11 is 0. The van der Waals surface area contributed by atoms with Crippen molar-refractivity contribution in [3.8, 4) is 5.75 Å². The molecule has 21 heavy (non-hydrogen) atoms. The fourth-order valence-electron chi connectivity index (χ4n) is 2.41. The van der Waals surface area contributed by atoms with E-state index in [1.807, 2.05) is 0 Å². The molecule has 1 aromatic carbocycles. The van der Waals surface area contributed by atoms with Crippen LogP contribution in [-0.4, -0.2) is 39.4 Å². The number of benzene rings is 1. The van der Waals surface area contributed by atoms with Gasteiger partial charge < -0.3 is 9.64 Å². The Morgan fingerprint density at radius 2 is 1.95 bits per heavy atom. The van der Waals surface area contributed by atoms with Crippen LogP contribution in [0.3, 0.4) is 0 Å². The molecule has 0 saturated carbocycles. The van der Waals surface area contributed by atoms with Gasteiger partial charge >= 0.3 is 0 Å². The number of sulfonamides is 1. The third-order valence-corrected chi connectivity index (χ3v) is 4.71. The molecular formula is C14H20N2O4S. The van der Waals surface area contributed by atoms with Gasteiger partial charge in [0.1, 0.15) is 5.75 Å². The lowest BCUT2D eigenvalue weighted by molar-refractivity contribution is 0.0693. The zero-order chi connectivity index (χ0) is 15.6. The topological polar surface area (TPSA) is 89.7 Å². The van der Waals surface area contributed by atoms with Gasteiger partial charge in [0.15, 0.2) is 0 Å². The molecule has 2 N–H and O–H groups in total. The van der Waals surface area contributed by atoms with Crippen molar-refractivity contribution in [2.24, 2.45) is 11.1 Å². The number of hydrogen-bond donors (Lipinski definition) is 1. The monoisotopic (exact) mass is 312 g/mol. The van der Waals surface area contributed by atoms with E-state index >= 15 is 0 Å². The predicted octanol–water partition coefficient (Wildman–Crippen LogP) is 1.21. The van der Waals surface area contributed by atoms with Gasteiger partial charge in [-0.25, -0.2) is 13.6 Å². The van der Waals surface area contributed by atoms with Gasteiger partial charge in [-0.15, -0.1) is 0 Å². The number of nitrogens with two attached hydrogens (primary N) is 1. The molecule has 0 aliphatic carbocycles. The van der Waals surface area contributed by atoms with Gasteiger partial charge in [-0.1, -0.05) is 6.92 Å². The summed E-state index contributed by atoms with van der Waals surface area (Å²) in [4.78, 5) is 14.2. The fraction of sp³-hybridized carbons (Fsp3) is 0.500. The second kappa shape index (κ2) is 6.03. The van der Waals surface area contributed by atoms with Crippen molar-refractivity contribution in [1.29, 1.82) is 0 Å². The van der Waals surface area contributed by atoms with E-state index in [0.29, 0.717) is 24.8 Å². The summed E-state index contributed by atoms with van der Waals surface area (Å²) in [5, 5.41) is 5.12. The first-order chi connectivity index (χ1) is 9.82. The van der Waals surface area contributed by atoms with Gasteiger partial charge in [0.05, 0.1) is 17.6 Å². The molecule has 116 valence electrons. The van der Waals surface area contributed by atoms with E-state index in [1.54, 1.807) is 4.90 Å². The number of methoxy groups -OCH3 is 1. The molecule has 0 spiro atoms. The maximum Gasteiger partial charge on any atom is 0.257 e. The average molecular weight is 312 g/mol. The molecular weight excluding hydrogens is 292 g/mol. The van der Waals surface area contributed by atoms with E-state index in [9.17, 15) is 13.2 Å². The zero-order valence-corrected chi connectivity index (χ0v) is 13.0. The highest BCUT2D eigenvalue weighted by atomic mass is 32.2. The molecule has 1 aliphatic heterocycles. The predicted molar refractivity (Wildman–Crippen MR) is 78.7 cm³/mol. The molecule has 1 amide bonds. The molecule has 7 heteroatoms. The van der Waals surface area contributed by atoms with Crippen LogP contribution >= 0.6 is 0 Å². The Labute approximate surface area is 124 Å². The number of ether oxygens (including phenoxy) is 1. The number of nitrogens with zero attached hydrogens (tertiary/aromatic N) is 1. The van der Waals surface area contributed by atoms with Crippen molar-refractivity contribution < 1.29 is 17.9 Å². The summed E-state index contributed by atoms with van der Waals surface area (Å²) in [7, 11) is -2.40. The Hall–Kier alpha value is -1.60. The van der Waals surface area contributed by atoms with Crippen LogP contribution in [0.4, 0.5) is 0 Å². The van der Waals surface area contributed by atoms with E-state index in [2.05, 4.69) is 6.92 Å². The van der Waals surface area contributed by atoms with Crippen LogP contribution in [0, 0.1) is 5.92 Å². The van der Waals surface area contributed by atoms with E-state index < -0.39 is 10.0 Å². The van der Waals surface area contributed by atoms with Gasteiger partial charge in [-0.05, 0) is 37.0 Å².